The molecule has 0 unspecified atom stereocenters. The monoisotopic (exact) mass is 389 g/mol. The molecule has 5 heteroatoms. The first-order chi connectivity index (χ1) is 14.1. The van der Waals surface area contributed by atoms with Crippen LogP contribution >= 0.6 is 0 Å². The Morgan fingerprint density at radius 2 is 1.52 bits per heavy atom. The number of hydrogen-bond acceptors (Lipinski definition) is 2. The Kier molecular flexibility index (Phi) is 5.26. The van der Waals surface area contributed by atoms with Crippen LogP contribution in [0.5, 0.6) is 0 Å². The molecular weight excluding hydrogens is 372 g/mol. The smallest absolute Gasteiger partial charge is 0.407 e. The lowest BCUT2D eigenvalue weighted by atomic mass is 9.98. The second-order valence-electron chi connectivity index (χ2n) is 6.64. The highest BCUT2D eigenvalue weighted by Gasteiger charge is 2.28. The molecule has 29 heavy (non-hydrogen) atoms. The summed E-state index contributed by atoms with van der Waals surface area (Å²) in [6.45, 7) is 0.219. The zero-order valence-electron chi connectivity index (χ0n) is 15.4. The lowest BCUT2D eigenvalue weighted by Gasteiger charge is -2.14. The molecule has 0 radical (unpaired) electrons. The number of hydrogen-bond donors (Lipinski definition) is 1. The van der Waals surface area contributed by atoms with Gasteiger partial charge in [-0.25, -0.2) is 13.6 Å². The number of carbonyl (C=O) groups excluding carboxylic acids is 1. The Morgan fingerprint density at radius 3 is 2.14 bits per heavy atom. The molecule has 4 rings (SSSR count). The normalized spacial score (nSPS) is 11.8. The third-order valence-corrected chi connectivity index (χ3v) is 4.76. The number of carbonyl (C=O) groups is 1. The van der Waals surface area contributed by atoms with E-state index in [1.807, 2.05) is 36.4 Å². The molecule has 1 aliphatic carbocycles. The van der Waals surface area contributed by atoms with Gasteiger partial charge in [0.25, 0.3) is 0 Å². The van der Waals surface area contributed by atoms with Crippen LogP contribution in [-0.4, -0.2) is 19.2 Å². The van der Waals surface area contributed by atoms with Crippen molar-refractivity contribution in [2.45, 2.75) is 5.92 Å². The quantitative estimate of drug-likeness (QED) is 0.650. The summed E-state index contributed by atoms with van der Waals surface area (Å²) in [6, 6.07) is 19.2. The van der Waals surface area contributed by atoms with E-state index in [4.69, 9.17) is 4.74 Å². The lowest BCUT2D eigenvalue weighted by Crippen LogP contribution is -2.26. The van der Waals surface area contributed by atoms with Crippen LogP contribution in [0.1, 0.15) is 22.6 Å². The summed E-state index contributed by atoms with van der Waals surface area (Å²) in [4.78, 5) is 12.0. The molecule has 0 fully saturated rings. The molecule has 1 aliphatic rings. The molecule has 0 saturated heterocycles. The highest BCUT2D eigenvalue weighted by molar-refractivity contribution is 5.79. The third kappa shape index (κ3) is 4.12. The number of ether oxygens (including phenoxy) is 1. The van der Waals surface area contributed by atoms with Gasteiger partial charge in [0, 0.05) is 17.5 Å². The fourth-order valence-electron chi connectivity index (χ4n) is 3.54. The van der Waals surface area contributed by atoms with Crippen LogP contribution in [0.3, 0.4) is 0 Å². The third-order valence-electron chi connectivity index (χ3n) is 4.76. The summed E-state index contributed by atoms with van der Waals surface area (Å²) in [5.41, 5.74) is 4.79. The van der Waals surface area contributed by atoms with Gasteiger partial charge >= 0.3 is 6.09 Å². The molecular formula is C24H17F2NO2. The molecule has 1 amide bonds. The van der Waals surface area contributed by atoms with Crippen molar-refractivity contribution in [2.24, 2.45) is 0 Å². The van der Waals surface area contributed by atoms with Crippen molar-refractivity contribution in [3.63, 3.8) is 0 Å². The van der Waals surface area contributed by atoms with Crippen molar-refractivity contribution in [2.75, 3.05) is 13.2 Å². The highest BCUT2D eigenvalue weighted by Crippen LogP contribution is 2.44. The molecule has 0 bridgehead atoms. The van der Waals surface area contributed by atoms with Gasteiger partial charge in [0.1, 0.15) is 18.2 Å². The predicted octanol–water partition coefficient (Wildman–Crippen LogP) is 4.86. The van der Waals surface area contributed by atoms with Crippen molar-refractivity contribution in [3.8, 4) is 23.0 Å². The van der Waals surface area contributed by atoms with Gasteiger partial charge in [-0.3, -0.25) is 0 Å². The van der Waals surface area contributed by atoms with Gasteiger partial charge in [-0.05, 0) is 34.4 Å². The van der Waals surface area contributed by atoms with Crippen LogP contribution in [0.4, 0.5) is 13.6 Å². The van der Waals surface area contributed by atoms with E-state index in [1.165, 1.54) is 0 Å². The van der Waals surface area contributed by atoms with E-state index in [-0.39, 0.29) is 24.6 Å². The standard InChI is InChI=1S/C24H17F2NO2/c25-17-12-16(13-18(26)14-17)6-5-11-27-24(28)29-15-23-21-9-3-1-7-19(21)20-8-2-4-10-22(20)23/h1-4,7-10,12-14,23H,11,15H2,(H,27,28). The van der Waals surface area contributed by atoms with Crippen LogP contribution in [0.25, 0.3) is 11.1 Å². The highest BCUT2D eigenvalue weighted by atomic mass is 19.1. The first kappa shape index (κ1) is 18.7. The molecule has 0 saturated carbocycles. The number of rotatable bonds is 3. The number of benzene rings is 3. The molecule has 3 nitrogen and oxygen atoms in total. The maximum Gasteiger partial charge on any atom is 0.407 e. The van der Waals surface area contributed by atoms with E-state index in [2.05, 4.69) is 29.3 Å². The van der Waals surface area contributed by atoms with Gasteiger partial charge < -0.3 is 10.1 Å². The van der Waals surface area contributed by atoms with Gasteiger partial charge in [0.05, 0.1) is 6.54 Å². The van der Waals surface area contributed by atoms with Gasteiger partial charge in [-0.2, -0.15) is 0 Å². The van der Waals surface area contributed by atoms with E-state index in [9.17, 15) is 13.6 Å². The van der Waals surface area contributed by atoms with E-state index >= 15 is 0 Å². The molecule has 3 aromatic carbocycles. The molecule has 0 aliphatic heterocycles. The zero-order valence-corrected chi connectivity index (χ0v) is 15.4. The molecule has 0 atom stereocenters. The number of fused-ring (bicyclic) bond motifs is 3. The number of alkyl carbamates (subject to hydrolysis) is 1. The zero-order chi connectivity index (χ0) is 20.2. The molecule has 144 valence electrons. The predicted molar refractivity (Wildman–Crippen MR) is 106 cm³/mol. The average molecular weight is 389 g/mol. The summed E-state index contributed by atoms with van der Waals surface area (Å²) in [5, 5.41) is 2.53. The largest absolute Gasteiger partial charge is 0.449 e. The minimum absolute atomic E-state index is 0.00874. The van der Waals surface area contributed by atoms with Crippen LogP contribution < -0.4 is 5.32 Å². The summed E-state index contributed by atoms with van der Waals surface area (Å²) in [6.07, 6.45) is -0.591. The molecule has 1 N–H and O–H groups in total. The number of halogens is 2. The molecule has 0 spiro atoms. The lowest BCUT2D eigenvalue weighted by molar-refractivity contribution is 0.144. The Balaban J connectivity index is 1.35. The Morgan fingerprint density at radius 1 is 0.931 bits per heavy atom. The summed E-state index contributed by atoms with van der Waals surface area (Å²) in [7, 11) is 0. The average Bonchev–Trinajstić information content (AvgIpc) is 3.03. The van der Waals surface area contributed by atoms with E-state index in [0.717, 1.165) is 40.5 Å². The fraction of sp³-hybridized carbons (Fsp3) is 0.125. The second kappa shape index (κ2) is 8.15. The maximum absolute atomic E-state index is 13.1. The Labute approximate surface area is 167 Å². The minimum Gasteiger partial charge on any atom is -0.449 e. The van der Waals surface area contributed by atoms with Crippen LogP contribution in [-0.2, 0) is 4.74 Å². The van der Waals surface area contributed by atoms with Gasteiger partial charge in [-0.15, -0.1) is 0 Å². The van der Waals surface area contributed by atoms with Crippen molar-refractivity contribution in [1.29, 1.82) is 0 Å². The van der Waals surface area contributed by atoms with Gasteiger partial charge in [-0.1, -0.05) is 60.4 Å². The number of amides is 1. The van der Waals surface area contributed by atoms with Crippen LogP contribution in [0.15, 0.2) is 66.7 Å². The number of nitrogens with one attached hydrogen (secondary N) is 1. The first-order valence-electron chi connectivity index (χ1n) is 9.15. The summed E-state index contributed by atoms with van der Waals surface area (Å²) >= 11 is 0. The Hall–Kier alpha value is -3.65. The summed E-state index contributed by atoms with van der Waals surface area (Å²) in [5.74, 6) is 3.85. The van der Waals surface area contributed by atoms with E-state index in [0.29, 0.717) is 0 Å². The topological polar surface area (TPSA) is 38.3 Å². The van der Waals surface area contributed by atoms with Crippen molar-refractivity contribution < 1.29 is 18.3 Å². The van der Waals surface area contributed by atoms with Crippen LogP contribution in [0, 0.1) is 23.5 Å². The second-order valence-corrected chi connectivity index (χ2v) is 6.64. The molecule has 3 aromatic rings. The fourth-order valence-corrected chi connectivity index (χ4v) is 3.54. The summed E-state index contributed by atoms with van der Waals surface area (Å²) < 4.78 is 31.6. The van der Waals surface area contributed by atoms with Gasteiger partial charge in [0.2, 0.25) is 0 Å². The van der Waals surface area contributed by atoms with Crippen molar-refractivity contribution in [1.82, 2.24) is 5.32 Å². The minimum atomic E-state index is -0.696. The van der Waals surface area contributed by atoms with E-state index in [1.54, 1.807) is 0 Å². The molecule has 0 aromatic heterocycles. The Bertz CT molecular complexity index is 1070. The molecule has 0 heterocycles. The SMILES string of the molecule is O=C(NCC#Cc1cc(F)cc(F)c1)OCC1c2ccccc2-c2ccccc21. The van der Waals surface area contributed by atoms with Crippen LogP contribution in [0.2, 0.25) is 0 Å². The van der Waals surface area contributed by atoms with E-state index < -0.39 is 17.7 Å². The van der Waals surface area contributed by atoms with Crippen molar-refractivity contribution >= 4 is 6.09 Å². The van der Waals surface area contributed by atoms with Gasteiger partial charge in [0.15, 0.2) is 0 Å². The maximum atomic E-state index is 13.1. The first-order valence-corrected chi connectivity index (χ1v) is 9.15. The van der Waals surface area contributed by atoms with Crippen molar-refractivity contribution in [3.05, 3.63) is 95.1 Å².